The number of amides is 2. The highest BCUT2D eigenvalue weighted by molar-refractivity contribution is 7.10. The molecule has 1 aromatic heterocycles. The fraction of sp³-hybridized carbons (Fsp3) is 0.722. The molecule has 2 heterocycles. The molecule has 1 aliphatic carbocycles. The van der Waals surface area contributed by atoms with E-state index in [4.69, 9.17) is 0 Å². The topological polar surface area (TPSA) is 52.6 Å². The summed E-state index contributed by atoms with van der Waals surface area (Å²) in [6.07, 6.45) is 6.99. The number of carbonyl (C=O) groups excluding carboxylic acids is 1. The summed E-state index contributed by atoms with van der Waals surface area (Å²) in [6.45, 7) is 2.93. The lowest BCUT2D eigenvalue weighted by Crippen LogP contribution is -2.49. The summed E-state index contributed by atoms with van der Waals surface area (Å²) < 4.78 is 0. The van der Waals surface area contributed by atoms with Crippen molar-refractivity contribution in [3.8, 4) is 0 Å². The van der Waals surface area contributed by atoms with Crippen molar-refractivity contribution in [3.63, 3.8) is 0 Å². The van der Waals surface area contributed by atoms with Crippen LogP contribution in [0.4, 0.5) is 4.79 Å². The number of urea groups is 1. The second kappa shape index (κ2) is 7.67. The second-order valence-electron chi connectivity index (χ2n) is 6.84. The lowest BCUT2D eigenvalue weighted by molar-refractivity contribution is 0.0304. The van der Waals surface area contributed by atoms with Crippen LogP contribution in [0.1, 0.15) is 62.8 Å². The Kier molecular flexibility index (Phi) is 5.59. The van der Waals surface area contributed by atoms with Crippen LogP contribution in [0.5, 0.6) is 0 Å². The van der Waals surface area contributed by atoms with Gasteiger partial charge in [-0.15, -0.1) is 11.3 Å². The van der Waals surface area contributed by atoms with Crippen LogP contribution in [-0.2, 0) is 0 Å². The lowest BCUT2D eigenvalue weighted by Gasteiger charge is -2.37. The molecule has 1 saturated heterocycles. The van der Waals surface area contributed by atoms with E-state index < -0.39 is 0 Å². The largest absolute Gasteiger partial charge is 0.393 e. The maximum absolute atomic E-state index is 12.8. The summed E-state index contributed by atoms with van der Waals surface area (Å²) in [4.78, 5) is 16.0. The van der Waals surface area contributed by atoms with Gasteiger partial charge in [0.25, 0.3) is 0 Å². The molecule has 1 saturated carbocycles. The van der Waals surface area contributed by atoms with E-state index in [-0.39, 0.29) is 30.1 Å². The fourth-order valence-corrected chi connectivity index (χ4v) is 5.04. The van der Waals surface area contributed by atoms with Gasteiger partial charge < -0.3 is 15.3 Å². The highest BCUT2D eigenvalue weighted by Crippen LogP contribution is 2.35. The van der Waals surface area contributed by atoms with E-state index in [1.807, 2.05) is 11.0 Å². The first kappa shape index (κ1) is 16.8. The molecular formula is C18H28N2O2S. The summed E-state index contributed by atoms with van der Waals surface area (Å²) >= 11 is 1.70. The van der Waals surface area contributed by atoms with Crippen molar-refractivity contribution in [1.82, 2.24) is 10.2 Å². The number of nitrogens with one attached hydrogen (secondary N) is 1. The number of thiophene rings is 1. The molecule has 4 atom stereocenters. The summed E-state index contributed by atoms with van der Waals surface area (Å²) in [7, 11) is 0. The Hall–Kier alpha value is -1.07. The highest BCUT2D eigenvalue weighted by atomic mass is 32.1. The maximum Gasteiger partial charge on any atom is 0.318 e. The van der Waals surface area contributed by atoms with E-state index in [0.717, 1.165) is 45.1 Å². The number of aliphatic hydroxyl groups excluding tert-OH is 1. The summed E-state index contributed by atoms with van der Waals surface area (Å²) in [5.41, 5.74) is 0. The molecule has 5 heteroatoms. The van der Waals surface area contributed by atoms with Gasteiger partial charge in [0.1, 0.15) is 0 Å². The van der Waals surface area contributed by atoms with E-state index in [2.05, 4.69) is 23.7 Å². The molecule has 0 bridgehead atoms. The Morgan fingerprint density at radius 3 is 2.91 bits per heavy atom. The summed E-state index contributed by atoms with van der Waals surface area (Å²) in [6, 6.07) is 4.48. The molecule has 3 rings (SSSR count). The minimum atomic E-state index is -0.235. The monoisotopic (exact) mass is 336 g/mol. The predicted octanol–water partition coefficient (Wildman–Crippen LogP) is 3.92. The first-order valence-corrected chi connectivity index (χ1v) is 9.87. The smallest absolute Gasteiger partial charge is 0.318 e. The van der Waals surface area contributed by atoms with Crippen LogP contribution in [0, 0.1) is 5.92 Å². The van der Waals surface area contributed by atoms with Gasteiger partial charge in [0, 0.05) is 23.4 Å². The molecule has 23 heavy (non-hydrogen) atoms. The van der Waals surface area contributed by atoms with Gasteiger partial charge in [0.15, 0.2) is 0 Å². The average Bonchev–Trinajstić information content (AvgIpc) is 3.24. The van der Waals surface area contributed by atoms with E-state index in [0.29, 0.717) is 0 Å². The molecule has 1 aliphatic heterocycles. The standard InChI is InChI=1S/C18H28N2O2S/c1-2-14(17-10-6-12-23-17)19-18(22)20-11-5-8-15(20)13-7-3-4-9-16(13)21/h6,10,12-16,21H,2-5,7-9,11H2,1H3,(H,19,22)/t13-,14+,15-,16-/m1/s1. The minimum absolute atomic E-state index is 0.0468. The molecule has 2 aliphatic rings. The number of carbonyl (C=O) groups is 1. The normalized spacial score (nSPS) is 29.5. The van der Waals surface area contributed by atoms with Crippen molar-refractivity contribution in [2.75, 3.05) is 6.54 Å². The van der Waals surface area contributed by atoms with Gasteiger partial charge >= 0.3 is 6.03 Å². The number of hydrogen-bond acceptors (Lipinski definition) is 3. The van der Waals surface area contributed by atoms with Crippen LogP contribution in [0.25, 0.3) is 0 Å². The Labute approximate surface area is 142 Å². The van der Waals surface area contributed by atoms with E-state index in [9.17, 15) is 9.90 Å². The third-order valence-electron chi connectivity index (χ3n) is 5.43. The van der Waals surface area contributed by atoms with Gasteiger partial charge in [-0.3, -0.25) is 0 Å². The second-order valence-corrected chi connectivity index (χ2v) is 7.82. The summed E-state index contributed by atoms with van der Waals surface area (Å²) in [5, 5.41) is 15.6. The van der Waals surface area contributed by atoms with Gasteiger partial charge in [0.05, 0.1) is 12.1 Å². The Morgan fingerprint density at radius 2 is 2.22 bits per heavy atom. The zero-order valence-corrected chi connectivity index (χ0v) is 14.7. The minimum Gasteiger partial charge on any atom is -0.393 e. The first-order valence-electron chi connectivity index (χ1n) is 8.99. The SMILES string of the molecule is CC[C@H](NC(=O)N1CCC[C@@H]1[C@H]1CCCC[C@H]1O)c1cccs1. The van der Waals surface area contributed by atoms with Crippen LogP contribution in [0.2, 0.25) is 0 Å². The van der Waals surface area contributed by atoms with Crippen LogP contribution in [-0.4, -0.2) is 34.7 Å². The van der Waals surface area contributed by atoms with E-state index in [1.54, 1.807) is 11.3 Å². The molecule has 4 nitrogen and oxygen atoms in total. The highest BCUT2D eigenvalue weighted by Gasteiger charge is 2.39. The first-order chi connectivity index (χ1) is 11.2. The van der Waals surface area contributed by atoms with Crippen molar-refractivity contribution >= 4 is 17.4 Å². The molecule has 128 valence electrons. The molecule has 2 amide bonds. The van der Waals surface area contributed by atoms with E-state index in [1.165, 1.54) is 11.3 Å². The molecule has 2 fully saturated rings. The van der Waals surface area contributed by atoms with Crippen LogP contribution in [0.3, 0.4) is 0 Å². The van der Waals surface area contributed by atoms with Gasteiger partial charge in [-0.1, -0.05) is 25.8 Å². The Bertz CT molecular complexity index is 505. The molecule has 0 aromatic carbocycles. The van der Waals surface area contributed by atoms with Gasteiger partial charge in [0.2, 0.25) is 0 Å². The third kappa shape index (κ3) is 3.72. The van der Waals surface area contributed by atoms with Gasteiger partial charge in [-0.25, -0.2) is 4.79 Å². The zero-order valence-electron chi connectivity index (χ0n) is 13.9. The van der Waals surface area contributed by atoms with Gasteiger partial charge in [-0.2, -0.15) is 0 Å². The van der Waals surface area contributed by atoms with Crippen molar-refractivity contribution in [3.05, 3.63) is 22.4 Å². The zero-order chi connectivity index (χ0) is 16.2. The predicted molar refractivity (Wildman–Crippen MR) is 93.6 cm³/mol. The third-order valence-corrected chi connectivity index (χ3v) is 6.41. The lowest BCUT2D eigenvalue weighted by atomic mass is 9.80. The van der Waals surface area contributed by atoms with Crippen molar-refractivity contribution < 1.29 is 9.90 Å². The molecule has 2 N–H and O–H groups in total. The Balaban J connectivity index is 1.65. The van der Waals surface area contributed by atoms with Crippen molar-refractivity contribution in [2.45, 2.75) is 70.1 Å². The fourth-order valence-electron chi connectivity index (χ4n) is 4.17. The number of rotatable bonds is 4. The number of likely N-dealkylation sites (tertiary alicyclic amines) is 1. The van der Waals surface area contributed by atoms with Gasteiger partial charge in [-0.05, 0) is 43.6 Å². The molecular weight excluding hydrogens is 308 g/mol. The quantitative estimate of drug-likeness (QED) is 0.875. The van der Waals surface area contributed by atoms with E-state index >= 15 is 0 Å². The maximum atomic E-state index is 12.8. The van der Waals surface area contributed by atoms with Crippen LogP contribution >= 0.6 is 11.3 Å². The Morgan fingerprint density at radius 1 is 1.39 bits per heavy atom. The van der Waals surface area contributed by atoms with Crippen molar-refractivity contribution in [1.29, 1.82) is 0 Å². The molecule has 0 spiro atoms. The molecule has 0 radical (unpaired) electrons. The van der Waals surface area contributed by atoms with Crippen LogP contribution < -0.4 is 5.32 Å². The average molecular weight is 337 g/mol. The summed E-state index contributed by atoms with van der Waals surface area (Å²) in [5.74, 6) is 0.263. The number of nitrogens with zero attached hydrogens (tertiary/aromatic N) is 1. The number of hydrogen-bond donors (Lipinski definition) is 2. The molecule has 0 unspecified atom stereocenters. The van der Waals surface area contributed by atoms with Crippen molar-refractivity contribution in [2.24, 2.45) is 5.92 Å². The number of aliphatic hydroxyl groups is 1. The molecule has 1 aromatic rings. The van der Waals surface area contributed by atoms with Crippen LogP contribution in [0.15, 0.2) is 17.5 Å².